The van der Waals surface area contributed by atoms with E-state index in [4.69, 9.17) is 4.74 Å². The van der Waals surface area contributed by atoms with Crippen molar-refractivity contribution in [3.8, 4) is 17.0 Å². The highest BCUT2D eigenvalue weighted by atomic mass is 16.6. The summed E-state index contributed by atoms with van der Waals surface area (Å²) < 4.78 is 4.95. The Hall–Kier alpha value is -2.43. The van der Waals surface area contributed by atoms with Crippen molar-refractivity contribution in [3.63, 3.8) is 0 Å². The Kier molecular flexibility index (Phi) is 3.00. The van der Waals surface area contributed by atoms with Crippen LogP contribution in [0.4, 0.5) is 5.82 Å². The molecule has 0 unspecified atom stereocenters. The van der Waals surface area contributed by atoms with Crippen LogP contribution in [0.3, 0.4) is 0 Å². The predicted octanol–water partition coefficient (Wildman–Crippen LogP) is 2.67. The van der Waals surface area contributed by atoms with E-state index in [1.807, 2.05) is 30.3 Å². The normalized spacial score (nSPS) is 9.94. The monoisotopic (exact) mass is 230 g/mol. The molecule has 5 nitrogen and oxygen atoms in total. The van der Waals surface area contributed by atoms with Crippen LogP contribution in [-0.4, -0.2) is 17.0 Å². The maximum Gasteiger partial charge on any atom is 0.368 e. The van der Waals surface area contributed by atoms with Gasteiger partial charge in [-0.2, -0.15) is 0 Å². The first-order chi connectivity index (χ1) is 8.20. The van der Waals surface area contributed by atoms with Gasteiger partial charge in [0.2, 0.25) is 0 Å². The van der Waals surface area contributed by atoms with Crippen molar-refractivity contribution in [1.82, 2.24) is 4.98 Å². The SMILES string of the molecule is COc1cc(-c2ccccc2)cc([N+](=O)[O-])n1. The van der Waals surface area contributed by atoms with Crippen molar-refractivity contribution in [2.45, 2.75) is 0 Å². The standard InChI is InChI=1S/C12H10N2O3/c1-17-12-8-10(7-11(13-12)14(15)16)9-5-3-2-4-6-9/h2-8H,1H3. The fraction of sp³-hybridized carbons (Fsp3) is 0.0833. The summed E-state index contributed by atoms with van der Waals surface area (Å²) in [7, 11) is 1.43. The van der Waals surface area contributed by atoms with E-state index in [-0.39, 0.29) is 11.7 Å². The molecular formula is C12H10N2O3. The van der Waals surface area contributed by atoms with Crippen LogP contribution in [-0.2, 0) is 0 Å². The first-order valence-corrected chi connectivity index (χ1v) is 4.96. The number of nitrogens with zero attached hydrogens (tertiary/aromatic N) is 2. The van der Waals surface area contributed by atoms with Crippen LogP contribution in [0.15, 0.2) is 42.5 Å². The average molecular weight is 230 g/mol. The Labute approximate surface area is 97.8 Å². The van der Waals surface area contributed by atoms with Gasteiger partial charge in [-0.3, -0.25) is 0 Å². The third kappa shape index (κ3) is 2.39. The first kappa shape index (κ1) is 11.1. The van der Waals surface area contributed by atoms with E-state index in [0.29, 0.717) is 5.56 Å². The molecular weight excluding hydrogens is 220 g/mol. The van der Waals surface area contributed by atoms with E-state index in [1.54, 1.807) is 6.07 Å². The maximum atomic E-state index is 10.7. The Balaban J connectivity index is 2.54. The molecule has 0 saturated carbocycles. The molecule has 0 amide bonds. The topological polar surface area (TPSA) is 65.3 Å². The van der Waals surface area contributed by atoms with Gasteiger partial charge in [0.1, 0.15) is 0 Å². The van der Waals surface area contributed by atoms with Gasteiger partial charge in [-0.15, -0.1) is 0 Å². The molecule has 17 heavy (non-hydrogen) atoms. The molecule has 0 saturated heterocycles. The molecule has 86 valence electrons. The zero-order chi connectivity index (χ0) is 12.3. The summed E-state index contributed by atoms with van der Waals surface area (Å²) in [6.07, 6.45) is 0. The zero-order valence-corrected chi connectivity index (χ0v) is 9.16. The van der Waals surface area contributed by atoms with Crippen LogP contribution >= 0.6 is 0 Å². The van der Waals surface area contributed by atoms with Crippen LogP contribution < -0.4 is 4.74 Å². The minimum Gasteiger partial charge on any atom is -0.463 e. The number of rotatable bonds is 3. The van der Waals surface area contributed by atoms with Crippen molar-refractivity contribution < 1.29 is 9.66 Å². The summed E-state index contributed by atoms with van der Waals surface area (Å²) >= 11 is 0. The Bertz CT molecular complexity index is 541. The number of benzene rings is 1. The minimum absolute atomic E-state index is 0.219. The lowest BCUT2D eigenvalue weighted by molar-refractivity contribution is -0.389. The van der Waals surface area contributed by atoms with E-state index in [2.05, 4.69) is 4.98 Å². The van der Waals surface area contributed by atoms with E-state index in [0.717, 1.165) is 5.56 Å². The van der Waals surface area contributed by atoms with Crippen LogP contribution in [0, 0.1) is 10.1 Å². The number of hydrogen-bond acceptors (Lipinski definition) is 4. The fourth-order valence-corrected chi connectivity index (χ4v) is 1.49. The molecule has 2 rings (SSSR count). The summed E-state index contributed by atoms with van der Waals surface area (Å²) in [6.45, 7) is 0. The van der Waals surface area contributed by atoms with Gasteiger partial charge < -0.3 is 14.9 Å². The van der Waals surface area contributed by atoms with Gasteiger partial charge in [-0.05, 0) is 16.1 Å². The number of ether oxygens (including phenoxy) is 1. The molecule has 0 atom stereocenters. The molecule has 0 radical (unpaired) electrons. The van der Waals surface area contributed by atoms with Crippen LogP contribution in [0.5, 0.6) is 5.88 Å². The highest BCUT2D eigenvalue weighted by molar-refractivity contribution is 5.66. The second kappa shape index (κ2) is 4.61. The zero-order valence-electron chi connectivity index (χ0n) is 9.16. The lowest BCUT2D eigenvalue weighted by Crippen LogP contribution is -1.96. The second-order valence-electron chi connectivity index (χ2n) is 3.38. The number of pyridine rings is 1. The van der Waals surface area contributed by atoms with Crippen molar-refractivity contribution >= 4 is 5.82 Å². The van der Waals surface area contributed by atoms with Gasteiger partial charge in [0.25, 0.3) is 0 Å². The molecule has 1 aromatic heterocycles. The molecule has 1 aromatic carbocycles. The van der Waals surface area contributed by atoms with Crippen molar-refractivity contribution in [1.29, 1.82) is 0 Å². The van der Waals surface area contributed by atoms with Crippen LogP contribution in [0.2, 0.25) is 0 Å². The molecule has 0 spiro atoms. The fourth-order valence-electron chi connectivity index (χ4n) is 1.49. The molecule has 0 N–H and O–H groups in total. The van der Waals surface area contributed by atoms with E-state index in [1.165, 1.54) is 13.2 Å². The molecule has 5 heteroatoms. The van der Waals surface area contributed by atoms with E-state index >= 15 is 0 Å². The number of hydrogen-bond donors (Lipinski definition) is 0. The van der Waals surface area contributed by atoms with Gasteiger partial charge in [-0.1, -0.05) is 30.3 Å². The van der Waals surface area contributed by atoms with Gasteiger partial charge in [0, 0.05) is 17.1 Å². The summed E-state index contributed by atoms with van der Waals surface area (Å²) in [5.41, 5.74) is 1.60. The van der Waals surface area contributed by atoms with E-state index < -0.39 is 4.92 Å². The smallest absolute Gasteiger partial charge is 0.368 e. The van der Waals surface area contributed by atoms with Gasteiger partial charge in [-0.25, -0.2) is 0 Å². The molecule has 2 aromatic rings. The summed E-state index contributed by atoms with van der Waals surface area (Å²) in [6, 6.07) is 12.5. The van der Waals surface area contributed by atoms with Gasteiger partial charge in [0.15, 0.2) is 0 Å². The maximum absolute atomic E-state index is 10.7. The number of nitro groups is 1. The van der Waals surface area contributed by atoms with Gasteiger partial charge in [0.05, 0.1) is 7.11 Å². The lowest BCUT2D eigenvalue weighted by atomic mass is 10.1. The molecule has 0 aliphatic heterocycles. The number of methoxy groups -OCH3 is 1. The largest absolute Gasteiger partial charge is 0.463 e. The Morgan fingerprint density at radius 3 is 2.47 bits per heavy atom. The minimum atomic E-state index is -0.533. The highest BCUT2D eigenvalue weighted by Gasteiger charge is 2.14. The van der Waals surface area contributed by atoms with E-state index in [9.17, 15) is 10.1 Å². The van der Waals surface area contributed by atoms with Crippen LogP contribution in [0.25, 0.3) is 11.1 Å². The quantitative estimate of drug-likeness (QED) is 0.600. The summed E-state index contributed by atoms with van der Waals surface area (Å²) in [5.74, 6) is 0.0151. The summed E-state index contributed by atoms with van der Waals surface area (Å²) in [5, 5.41) is 10.7. The Morgan fingerprint density at radius 1 is 1.18 bits per heavy atom. The molecule has 0 bridgehead atoms. The van der Waals surface area contributed by atoms with Crippen molar-refractivity contribution in [3.05, 3.63) is 52.6 Å². The van der Waals surface area contributed by atoms with Crippen LogP contribution in [0.1, 0.15) is 0 Å². The first-order valence-electron chi connectivity index (χ1n) is 4.96. The molecule has 1 heterocycles. The Morgan fingerprint density at radius 2 is 1.88 bits per heavy atom. The molecule has 0 aliphatic carbocycles. The number of aromatic nitrogens is 1. The third-order valence-electron chi connectivity index (χ3n) is 2.29. The molecule has 0 fully saturated rings. The second-order valence-corrected chi connectivity index (χ2v) is 3.38. The highest BCUT2D eigenvalue weighted by Crippen LogP contribution is 2.26. The third-order valence-corrected chi connectivity index (χ3v) is 2.29. The van der Waals surface area contributed by atoms with Gasteiger partial charge >= 0.3 is 11.7 Å². The summed E-state index contributed by atoms with van der Waals surface area (Å²) in [4.78, 5) is 14.0. The van der Waals surface area contributed by atoms with Crippen molar-refractivity contribution in [2.75, 3.05) is 7.11 Å². The predicted molar refractivity (Wildman–Crippen MR) is 62.9 cm³/mol. The average Bonchev–Trinajstić information content (AvgIpc) is 2.39. The lowest BCUT2D eigenvalue weighted by Gasteiger charge is -2.02. The molecule has 0 aliphatic rings. The van der Waals surface area contributed by atoms with Crippen molar-refractivity contribution in [2.24, 2.45) is 0 Å².